The molecule has 0 spiro atoms. The zero-order valence-corrected chi connectivity index (χ0v) is 20.7. The minimum atomic E-state index is -2.71. The lowest BCUT2D eigenvalue weighted by Gasteiger charge is -2.35. The zero-order chi connectivity index (χ0) is 24.9. The molecule has 184 valence electrons. The number of amides is 2. The standard InChI is InChI=1S/C23H21ClN2O7S2/c24-22-15(9-26-17(27)5-6-18(26)28)25-23-21(14-7-8-35(31,32)11-16(14)34-23)20(22)12-1-3-13(4-2-12)33-10-19(29)30/h1-4,31-32H,5-11H2,(H,29,30). The molecule has 1 fully saturated rings. The van der Waals surface area contributed by atoms with Crippen LogP contribution in [0.25, 0.3) is 21.3 Å². The quantitative estimate of drug-likeness (QED) is 0.390. The third kappa shape index (κ3) is 4.62. The van der Waals surface area contributed by atoms with Crippen molar-refractivity contribution in [2.45, 2.75) is 31.6 Å². The number of rotatable bonds is 6. The van der Waals surface area contributed by atoms with E-state index in [9.17, 15) is 23.5 Å². The van der Waals surface area contributed by atoms with Crippen LogP contribution in [-0.4, -0.2) is 54.2 Å². The van der Waals surface area contributed by atoms with E-state index in [0.29, 0.717) is 33.3 Å². The number of aryl methyl sites for hydroxylation is 1. The molecule has 35 heavy (non-hydrogen) atoms. The number of hydrogen-bond donors (Lipinski definition) is 3. The highest BCUT2D eigenvalue weighted by molar-refractivity contribution is 8.23. The molecule has 0 unspecified atom stereocenters. The number of ether oxygens (including phenoxy) is 1. The normalized spacial score (nSPS) is 18.1. The number of thiophene rings is 1. The van der Waals surface area contributed by atoms with Crippen molar-refractivity contribution in [3.8, 4) is 16.9 Å². The van der Waals surface area contributed by atoms with Gasteiger partial charge < -0.3 is 9.84 Å². The van der Waals surface area contributed by atoms with Crippen molar-refractivity contribution < 1.29 is 33.3 Å². The maximum absolute atomic E-state index is 12.2. The maximum atomic E-state index is 12.2. The summed E-state index contributed by atoms with van der Waals surface area (Å²) in [5.41, 5.74) is 2.75. The van der Waals surface area contributed by atoms with Gasteiger partial charge in [-0.1, -0.05) is 23.7 Å². The van der Waals surface area contributed by atoms with Gasteiger partial charge in [0.25, 0.3) is 0 Å². The Labute approximate surface area is 210 Å². The summed E-state index contributed by atoms with van der Waals surface area (Å²) in [6, 6.07) is 6.80. The monoisotopic (exact) mass is 536 g/mol. The second-order valence-corrected chi connectivity index (χ2v) is 12.2. The molecule has 0 aliphatic carbocycles. The highest BCUT2D eigenvalue weighted by Crippen LogP contribution is 2.53. The molecule has 4 heterocycles. The summed E-state index contributed by atoms with van der Waals surface area (Å²) in [6.45, 7) is -0.511. The molecule has 0 bridgehead atoms. The lowest BCUT2D eigenvalue weighted by Crippen LogP contribution is -2.29. The predicted octanol–water partition coefficient (Wildman–Crippen LogP) is 4.54. The predicted molar refractivity (Wildman–Crippen MR) is 133 cm³/mol. The first-order chi connectivity index (χ1) is 16.6. The molecule has 2 aliphatic heterocycles. The van der Waals surface area contributed by atoms with Crippen LogP contribution in [0.5, 0.6) is 5.75 Å². The second-order valence-electron chi connectivity index (χ2n) is 8.41. The molecule has 12 heteroatoms. The summed E-state index contributed by atoms with van der Waals surface area (Å²) in [5, 5.41) is 9.96. The number of fused-ring (bicyclic) bond motifs is 3. The number of hydrogen-bond acceptors (Lipinski definition) is 8. The van der Waals surface area contributed by atoms with E-state index in [0.717, 1.165) is 26.3 Å². The van der Waals surface area contributed by atoms with Gasteiger partial charge in [0.2, 0.25) is 11.8 Å². The summed E-state index contributed by atoms with van der Waals surface area (Å²) < 4.78 is 25.8. The Hall–Kier alpha value is -2.70. The Morgan fingerprint density at radius 2 is 1.83 bits per heavy atom. The van der Waals surface area contributed by atoms with Crippen molar-refractivity contribution >= 4 is 61.5 Å². The van der Waals surface area contributed by atoms with Gasteiger partial charge in [0, 0.05) is 34.4 Å². The molecule has 2 aromatic heterocycles. The van der Waals surface area contributed by atoms with Crippen LogP contribution in [0.4, 0.5) is 0 Å². The molecule has 9 nitrogen and oxygen atoms in total. The van der Waals surface area contributed by atoms with Crippen molar-refractivity contribution in [1.82, 2.24) is 9.88 Å². The molecule has 3 N–H and O–H groups in total. The van der Waals surface area contributed by atoms with Gasteiger partial charge in [-0.3, -0.25) is 23.6 Å². The van der Waals surface area contributed by atoms with E-state index in [4.69, 9.17) is 26.4 Å². The van der Waals surface area contributed by atoms with Gasteiger partial charge in [-0.25, -0.2) is 9.78 Å². The zero-order valence-electron chi connectivity index (χ0n) is 18.3. The van der Waals surface area contributed by atoms with Gasteiger partial charge in [0.05, 0.1) is 23.0 Å². The van der Waals surface area contributed by atoms with E-state index < -0.39 is 23.2 Å². The number of carboxylic acids is 1. The van der Waals surface area contributed by atoms with Gasteiger partial charge in [-0.2, -0.15) is 10.6 Å². The highest BCUT2D eigenvalue weighted by Gasteiger charge is 2.33. The van der Waals surface area contributed by atoms with Crippen LogP contribution in [0.3, 0.4) is 0 Å². The molecular weight excluding hydrogens is 516 g/mol. The Morgan fingerprint density at radius 3 is 2.49 bits per heavy atom. The smallest absolute Gasteiger partial charge is 0.341 e. The molecule has 2 aliphatic rings. The average Bonchev–Trinajstić information content (AvgIpc) is 3.31. The van der Waals surface area contributed by atoms with Crippen LogP contribution in [0.15, 0.2) is 24.3 Å². The number of likely N-dealkylation sites (tertiary alicyclic amines) is 1. The topological polar surface area (TPSA) is 137 Å². The van der Waals surface area contributed by atoms with E-state index in [-0.39, 0.29) is 42.7 Å². The fraction of sp³-hybridized carbons (Fsp3) is 0.304. The Morgan fingerprint density at radius 1 is 1.14 bits per heavy atom. The minimum absolute atomic E-state index is 0.0446. The number of nitrogens with zero attached hydrogens (tertiary/aromatic N) is 2. The number of benzene rings is 1. The number of carbonyl (C=O) groups excluding carboxylic acids is 2. The fourth-order valence-electron chi connectivity index (χ4n) is 4.38. The molecule has 2 amide bonds. The van der Waals surface area contributed by atoms with E-state index in [1.807, 2.05) is 0 Å². The molecule has 0 saturated carbocycles. The SMILES string of the molecule is O=C(O)COc1ccc(-c2c(Cl)c(CN3C(=O)CCC3=O)nc3sc4c(c23)CCS(O)(O)C4)cc1. The van der Waals surface area contributed by atoms with Gasteiger partial charge in [0.15, 0.2) is 6.61 Å². The summed E-state index contributed by atoms with van der Waals surface area (Å²) in [7, 11) is -2.71. The number of pyridine rings is 1. The number of aliphatic carboxylic acids is 1. The molecule has 3 aromatic rings. The Kier molecular flexibility index (Phi) is 6.22. The van der Waals surface area contributed by atoms with Crippen molar-refractivity contribution in [3.63, 3.8) is 0 Å². The maximum Gasteiger partial charge on any atom is 0.341 e. The van der Waals surface area contributed by atoms with Crippen LogP contribution in [0, 0.1) is 0 Å². The third-order valence-corrected chi connectivity index (χ3v) is 9.37. The van der Waals surface area contributed by atoms with Gasteiger partial charge in [-0.05, 0) is 29.7 Å². The molecule has 1 aromatic carbocycles. The number of carboxylic acid groups (broad SMARTS) is 1. The summed E-state index contributed by atoms with van der Waals surface area (Å²) >= 11 is 8.24. The van der Waals surface area contributed by atoms with Gasteiger partial charge in [-0.15, -0.1) is 11.3 Å². The largest absolute Gasteiger partial charge is 0.482 e. The van der Waals surface area contributed by atoms with E-state index in [1.54, 1.807) is 24.3 Å². The number of carbonyl (C=O) groups is 3. The third-order valence-electron chi connectivity index (χ3n) is 6.04. The van der Waals surface area contributed by atoms with Crippen molar-refractivity contribution in [3.05, 3.63) is 45.4 Å². The first-order valence-electron chi connectivity index (χ1n) is 10.8. The lowest BCUT2D eigenvalue weighted by molar-refractivity contribution is -0.140. The molecule has 0 radical (unpaired) electrons. The molecule has 5 rings (SSSR count). The summed E-state index contributed by atoms with van der Waals surface area (Å²) in [4.78, 5) is 42.6. The first kappa shape index (κ1) is 24.0. The van der Waals surface area contributed by atoms with E-state index in [2.05, 4.69) is 0 Å². The molecule has 1 saturated heterocycles. The summed E-state index contributed by atoms with van der Waals surface area (Å²) in [6.07, 6.45) is 0.786. The van der Waals surface area contributed by atoms with Gasteiger partial charge >= 0.3 is 5.97 Å². The fourth-order valence-corrected chi connectivity index (χ4v) is 7.80. The second kappa shape index (κ2) is 9.07. The first-order valence-corrected chi connectivity index (χ1v) is 13.9. The Balaban J connectivity index is 1.64. The average molecular weight is 537 g/mol. The molecular formula is C23H21ClN2O7S2. The van der Waals surface area contributed by atoms with Crippen LogP contribution in [0.2, 0.25) is 5.02 Å². The van der Waals surface area contributed by atoms with Crippen LogP contribution in [-0.2, 0) is 33.1 Å². The summed E-state index contributed by atoms with van der Waals surface area (Å²) in [5.74, 6) is -0.834. The van der Waals surface area contributed by atoms with Crippen LogP contribution >= 0.6 is 33.5 Å². The lowest BCUT2D eigenvalue weighted by atomic mass is 9.97. The number of imide groups is 1. The van der Waals surface area contributed by atoms with E-state index >= 15 is 0 Å². The van der Waals surface area contributed by atoms with Crippen molar-refractivity contribution in [1.29, 1.82) is 0 Å². The number of aromatic nitrogens is 1. The van der Waals surface area contributed by atoms with Crippen LogP contribution in [0.1, 0.15) is 29.0 Å². The number of halogens is 1. The molecule has 0 atom stereocenters. The van der Waals surface area contributed by atoms with E-state index in [1.165, 1.54) is 11.3 Å². The van der Waals surface area contributed by atoms with Gasteiger partial charge in [0.1, 0.15) is 10.6 Å². The highest BCUT2D eigenvalue weighted by atomic mass is 35.5. The van der Waals surface area contributed by atoms with Crippen LogP contribution < -0.4 is 4.74 Å². The minimum Gasteiger partial charge on any atom is -0.482 e. The van der Waals surface area contributed by atoms with Crippen molar-refractivity contribution in [2.75, 3.05) is 12.4 Å². The Bertz CT molecular complexity index is 1350. The van der Waals surface area contributed by atoms with Crippen molar-refractivity contribution in [2.24, 2.45) is 0 Å².